The first kappa shape index (κ1) is 25.3. The molecule has 13 heteroatoms. The number of alkyl halides is 2. The van der Waals surface area contributed by atoms with E-state index in [0.29, 0.717) is 0 Å². The Hall–Kier alpha value is -0.975. The van der Waals surface area contributed by atoms with Crippen molar-refractivity contribution in [2.75, 3.05) is 5.34 Å². The molecule has 0 saturated heterocycles. The van der Waals surface area contributed by atoms with E-state index in [2.05, 4.69) is 12.8 Å². The SMILES string of the molecule is ClCCl.[O]=[Cr](=[O])([OH])[O][Cr](=[O])(=[O])[OH].c1ccncc1.c1ccncc1. The molecule has 0 radical (unpaired) electrons. The molecular weight excluding hydrogens is 447 g/mol. The van der Waals surface area contributed by atoms with Gasteiger partial charge in [-0.1, -0.05) is 12.1 Å². The van der Waals surface area contributed by atoms with Gasteiger partial charge in [0.15, 0.2) is 0 Å². The van der Waals surface area contributed by atoms with Crippen LogP contribution in [0.5, 0.6) is 0 Å². The Morgan fingerprint density at radius 1 is 0.708 bits per heavy atom. The van der Waals surface area contributed by atoms with Gasteiger partial charge in [0.2, 0.25) is 0 Å². The van der Waals surface area contributed by atoms with Crippen LogP contribution >= 0.6 is 23.2 Å². The molecule has 0 saturated carbocycles. The van der Waals surface area contributed by atoms with E-state index in [1.165, 1.54) is 0 Å². The van der Waals surface area contributed by atoms with Crippen LogP contribution in [-0.4, -0.2) is 23.6 Å². The maximum absolute atomic E-state index is 9.53. The zero-order chi connectivity index (χ0) is 18.9. The number of aromatic nitrogens is 2. The minimum atomic E-state index is -5.76. The molecule has 0 aliphatic rings. The number of rotatable bonds is 2. The van der Waals surface area contributed by atoms with Crippen molar-refractivity contribution in [1.29, 1.82) is 0 Å². The van der Waals surface area contributed by atoms with Crippen LogP contribution in [0.3, 0.4) is 0 Å². The summed E-state index contributed by atoms with van der Waals surface area (Å²) in [5.74, 6) is 0. The summed E-state index contributed by atoms with van der Waals surface area (Å²) in [5, 5.41) is 0.194. The molecule has 0 unspecified atom stereocenters. The molecule has 24 heavy (non-hydrogen) atoms. The van der Waals surface area contributed by atoms with Gasteiger partial charge < -0.3 is 0 Å². The van der Waals surface area contributed by atoms with Crippen LogP contribution in [0.4, 0.5) is 0 Å². The number of halogens is 2. The molecule has 136 valence electrons. The van der Waals surface area contributed by atoms with E-state index in [1.54, 1.807) is 24.8 Å². The molecule has 0 aliphatic carbocycles. The molecule has 0 amide bonds. The Bertz CT molecular complexity index is 587. The smallest absolute Gasteiger partial charge is 0.0267 e. The second-order valence-electron chi connectivity index (χ2n) is 3.07. The van der Waals surface area contributed by atoms with E-state index in [0.717, 1.165) is 0 Å². The number of pyridine rings is 2. The van der Waals surface area contributed by atoms with Gasteiger partial charge in [0.1, 0.15) is 0 Å². The molecule has 0 aromatic carbocycles. The Morgan fingerprint density at radius 3 is 1.00 bits per heavy atom. The number of hydrogen-bond acceptors (Lipinski definition) is 7. The second kappa shape index (κ2) is 15.5. The van der Waals surface area contributed by atoms with E-state index in [4.69, 9.17) is 31.5 Å². The number of nitrogens with zero attached hydrogens (tertiary/aromatic N) is 2. The Labute approximate surface area is 153 Å². The topological polar surface area (TPSA) is 144 Å². The van der Waals surface area contributed by atoms with Crippen LogP contribution in [0.1, 0.15) is 0 Å². The minimum absolute atomic E-state index is 0.194. The molecule has 0 spiro atoms. The van der Waals surface area contributed by atoms with Gasteiger partial charge in [0.25, 0.3) is 0 Å². The molecule has 2 rings (SSSR count). The average Bonchev–Trinajstić information content (AvgIpc) is 2.49. The molecule has 2 N–H and O–H groups in total. The zero-order valence-corrected chi connectivity index (χ0v) is 15.9. The van der Waals surface area contributed by atoms with Crippen molar-refractivity contribution in [3.63, 3.8) is 0 Å². The van der Waals surface area contributed by atoms with Gasteiger partial charge in [-0.25, -0.2) is 0 Å². The van der Waals surface area contributed by atoms with Crippen LogP contribution in [0.2, 0.25) is 0 Å². The molecule has 0 fully saturated rings. The van der Waals surface area contributed by atoms with E-state index >= 15 is 0 Å². The maximum atomic E-state index is 9.53. The van der Waals surface area contributed by atoms with Crippen LogP contribution in [0.15, 0.2) is 61.2 Å². The minimum Gasteiger partial charge on any atom is -0.265 e. The first-order valence-corrected chi connectivity index (χ1v) is 10.9. The summed E-state index contributed by atoms with van der Waals surface area (Å²) in [4.78, 5) is 7.57. The number of hydrogen-bond donors (Lipinski definition) is 2. The molecule has 2 aromatic rings. The fourth-order valence-electron chi connectivity index (χ4n) is 0.734. The molecular formula is C11H14Cl2Cr2N2O7. The van der Waals surface area contributed by atoms with Crippen LogP contribution in [0, 0.1) is 0 Å². The van der Waals surface area contributed by atoms with Crippen molar-refractivity contribution >= 4 is 23.2 Å². The summed E-state index contributed by atoms with van der Waals surface area (Å²) in [6, 6.07) is 11.4. The van der Waals surface area contributed by atoms with Gasteiger partial charge in [-0.15, -0.1) is 23.2 Å². The average molecular weight is 461 g/mol. The Balaban J connectivity index is 0. The van der Waals surface area contributed by atoms with Gasteiger partial charge in [-0.2, -0.15) is 0 Å². The fourth-order valence-corrected chi connectivity index (χ4v) is 2.47. The third kappa shape index (κ3) is 29.1. The van der Waals surface area contributed by atoms with Crippen molar-refractivity contribution in [2.24, 2.45) is 0 Å². The normalized spacial score (nSPS) is 9.83. The Morgan fingerprint density at radius 2 is 0.958 bits per heavy atom. The van der Waals surface area contributed by atoms with E-state index in [9.17, 15) is 15.2 Å². The summed E-state index contributed by atoms with van der Waals surface area (Å²) in [5.41, 5.74) is 0. The zero-order valence-electron chi connectivity index (χ0n) is 11.9. The van der Waals surface area contributed by atoms with Gasteiger partial charge in [-0.05, 0) is 24.3 Å². The summed E-state index contributed by atoms with van der Waals surface area (Å²) in [7, 11) is 0. The van der Waals surface area contributed by atoms with Gasteiger partial charge in [0, 0.05) is 24.8 Å². The monoisotopic (exact) mass is 460 g/mol. The Kier molecular flexibility index (Phi) is 16.4. The summed E-state index contributed by atoms with van der Waals surface area (Å²) in [6.07, 6.45) is 7.00. The van der Waals surface area contributed by atoms with E-state index in [1.807, 2.05) is 36.4 Å². The van der Waals surface area contributed by atoms with Gasteiger partial charge in [-0.3, -0.25) is 9.97 Å². The first-order chi connectivity index (χ1) is 11.1. The molecule has 0 bridgehead atoms. The standard InChI is InChI=1S/2C5H5N.CH2Cl2.2Cr.2H2O.5O/c2*1-2-4-6-5-3-1;2-1-3;;;;;;;;;/h2*1-5H;1H2;;;2*1H2;;;;;/q;;;2*+1;;;;;;;/p-2. The summed E-state index contributed by atoms with van der Waals surface area (Å²) in [6.45, 7) is 0. The third-order valence-corrected chi connectivity index (χ3v) is 4.06. The van der Waals surface area contributed by atoms with Crippen molar-refractivity contribution in [2.45, 2.75) is 0 Å². The van der Waals surface area contributed by atoms with Crippen molar-refractivity contribution in [1.82, 2.24) is 9.97 Å². The predicted octanol–water partition coefficient (Wildman–Crippen LogP) is 1.92. The van der Waals surface area contributed by atoms with Crippen molar-refractivity contribution < 1.29 is 53.6 Å². The predicted molar refractivity (Wildman–Crippen MR) is 73.3 cm³/mol. The summed E-state index contributed by atoms with van der Waals surface area (Å²) < 4.78 is 56.3. The van der Waals surface area contributed by atoms with Crippen LogP contribution < -0.4 is 0 Å². The van der Waals surface area contributed by atoms with E-state index < -0.39 is 27.2 Å². The quantitative estimate of drug-likeness (QED) is 0.641. The first-order valence-electron chi connectivity index (χ1n) is 5.60. The second-order valence-corrected chi connectivity index (χ2v) is 7.64. The van der Waals surface area contributed by atoms with Crippen molar-refractivity contribution in [3.05, 3.63) is 61.2 Å². The molecule has 9 nitrogen and oxygen atoms in total. The molecule has 2 aromatic heterocycles. The molecule has 0 aliphatic heterocycles. The summed E-state index contributed by atoms with van der Waals surface area (Å²) >= 11 is -1.99. The fraction of sp³-hybridized carbons (Fsp3) is 0.0909. The van der Waals surface area contributed by atoms with Crippen LogP contribution in [0.25, 0.3) is 0 Å². The molecule has 0 atom stereocenters. The van der Waals surface area contributed by atoms with E-state index in [-0.39, 0.29) is 5.34 Å². The van der Waals surface area contributed by atoms with Crippen LogP contribution in [-0.2, 0) is 45.3 Å². The largest absolute Gasteiger partial charge is 0.265 e. The molecule has 2 heterocycles. The van der Waals surface area contributed by atoms with Gasteiger partial charge >= 0.3 is 53.6 Å². The van der Waals surface area contributed by atoms with Gasteiger partial charge in [0.05, 0.1) is 5.34 Å². The van der Waals surface area contributed by atoms with Crippen molar-refractivity contribution in [3.8, 4) is 0 Å². The third-order valence-electron chi connectivity index (χ3n) is 1.30. The maximum Gasteiger partial charge on any atom is 0.0267 e.